The van der Waals surface area contributed by atoms with E-state index in [2.05, 4.69) is 36.3 Å². The summed E-state index contributed by atoms with van der Waals surface area (Å²) >= 11 is 0. The number of pyridine rings is 1. The van der Waals surface area contributed by atoms with E-state index in [-0.39, 0.29) is 17.3 Å². The minimum absolute atomic E-state index is 0.125. The van der Waals surface area contributed by atoms with Gasteiger partial charge in [-0.2, -0.15) is 5.10 Å². The number of aromatic nitrogens is 4. The van der Waals surface area contributed by atoms with Crippen molar-refractivity contribution in [3.8, 4) is 17.1 Å². The number of hydrogen-bond acceptors (Lipinski definition) is 8. The molecular formula is C20H25B3N8O4. The predicted octanol–water partition coefficient (Wildman–Crippen LogP) is -1.46. The Labute approximate surface area is 204 Å². The Balaban J connectivity index is 2.04. The minimum Gasteiger partial charge on any atom is -0.494 e. The van der Waals surface area contributed by atoms with Gasteiger partial charge in [-0.15, -0.1) is 0 Å². The molecule has 3 rings (SSSR count). The fourth-order valence-corrected chi connectivity index (χ4v) is 3.16. The topological polar surface area (TPSA) is 152 Å². The van der Waals surface area contributed by atoms with E-state index in [4.69, 9.17) is 4.74 Å². The molecule has 4 amide bonds. The normalized spacial score (nSPS) is 10.8. The molecule has 0 aliphatic carbocycles. The highest BCUT2D eigenvalue weighted by atomic mass is 16.5. The highest BCUT2D eigenvalue weighted by Gasteiger charge is 2.21. The number of hydrogen-bond donors (Lipinski definition) is 4. The molecule has 0 saturated carbocycles. The van der Waals surface area contributed by atoms with Gasteiger partial charge in [-0.1, -0.05) is 6.07 Å². The fraction of sp³-hybridized carbons (Fsp3) is 0.200. The molecule has 3 aromatic rings. The van der Waals surface area contributed by atoms with Crippen molar-refractivity contribution in [3.63, 3.8) is 0 Å². The summed E-state index contributed by atoms with van der Waals surface area (Å²) in [6.45, 7) is 1.22. The Morgan fingerprint density at radius 1 is 1.11 bits per heavy atom. The van der Waals surface area contributed by atoms with Gasteiger partial charge in [-0.25, -0.2) is 14.8 Å². The molecule has 0 aliphatic heterocycles. The van der Waals surface area contributed by atoms with Crippen molar-refractivity contribution in [1.29, 1.82) is 0 Å². The van der Waals surface area contributed by atoms with Crippen LogP contribution in [-0.4, -0.2) is 73.5 Å². The third-order valence-electron chi connectivity index (χ3n) is 4.50. The van der Waals surface area contributed by atoms with Gasteiger partial charge in [-0.3, -0.25) is 24.9 Å². The van der Waals surface area contributed by atoms with Crippen LogP contribution in [0.1, 0.15) is 17.3 Å². The zero-order chi connectivity index (χ0) is 25.8. The molecule has 4 N–H and O–H groups in total. The van der Waals surface area contributed by atoms with Crippen LogP contribution < -0.4 is 26.0 Å². The molecule has 0 atom stereocenters. The monoisotopic (exact) mass is 474 g/mol. The molecule has 15 heteroatoms. The number of carbonyl (C=O) groups excluding carboxylic acids is 3. The number of benzene rings is 1. The number of urea groups is 1. The van der Waals surface area contributed by atoms with Gasteiger partial charge in [0.1, 0.15) is 35.7 Å². The van der Waals surface area contributed by atoms with Crippen LogP contribution in [0.5, 0.6) is 5.75 Å². The van der Waals surface area contributed by atoms with Crippen molar-refractivity contribution in [2.45, 2.75) is 12.2 Å². The number of para-hydroxylation sites is 1. The number of nitrogens with one attached hydrogen (secondary N) is 4. The summed E-state index contributed by atoms with van der Waals surface area (Å²) in [5.74, 6) is 0.166. The molecule has 0 bridgehead atoms. The lowest BCUT2D eigenvalue weighted by Crippen LogP contribution is -2.50. The third kappa shape index (κ3) is 6.62. The molecule has 12 nitrogen and oxygen atoms in total. The van der Waals surface area contributed by atoms with Crippen LogP contribution in [0.2, 0.25) is 0 Å². The first-order valence-corrected chi connectivity index (χ1v) is 10.7. The number of anilines is 3. The molecule has 35 heavy (non-hydrogen) atoms. The van der Waals surface area contributed by atoms with Crippen LogP contribution in [0, 0.1) is 0 Å². The van der Waals surface area contributed by atoms with Crippen LogP contribution in [0.15, 0.2) is 36.8 Å². The lowest BCUT2D eigenvalue weighted by atomic mass is 9.49. The Bertz CT molecular complexity index is 1280. The van der Waals surface area contributed by atoms with Gasteiger partial charge in [0.25, 0.3) is 5.91 Å². The third-order valence-corrected chi connectivity index (χ3v) is 4.50. The largest absolute Gasteiger partial charge is 0.494 e. The van der Waals surface area contributed by atoms with E-state index >= 15 is 0 Å². The van der Waals surface area contributed by atoms with Crippen molar-refractivity contribution in [1.82, 2.24) is 30.4 Å². The standard InChI is InChI=1S/C20H25B3N8O4/c1-10(32)26-19(34)28-15-7-14(12(8-24-15)18(33)29-20(21,22)23)27-13-6-4-5-11(16(13)35-3)17-25-9-31(2)30-17/h4-9H,21-23H2,1-3H3,(H,29,33)(H3,24,26,27,28,32,34). The van der Waals surface area contributed by atoms with Crippen molar-refractivity contribution in [3.05, 3.63) is 42.4 Å². The molecule has 0 radical (unpaired) electrons. The van der Waals surface area contributed by atoms with Gasteiger partial charge in [0, 0.05) is 26.2 Å². The van der Waals surface area contributed by atoms with E-state index in [0.717, 1.165) is 0 Å². The second-order valence-electron chi connectivity index (χ2n) is 8.71. The van der Waals surface area contributed by atoms with Crippen molar-refractivity contribution < 1.29 is 19.1 Å². The van der Waals surface area contributed by atoms with Crippen LogP contribution in [0.4, 0.5) is 22.0 Å². The molecule has 178 valence electrons. The summed E-state index contributed by atoms with van der Waals surface area (Å²) in [4.78, 5) is 44.6. The smallest absolute Gasteiger partial charge is 0.327 e. The number of aryl methyl sites for hydroxylation is 1. The summed E-state index contributed by atoms with van der Waals surface area (Å²) in [5, 5.41) is 14.5. The Kier molecular flexibility index (Phi) is 7.47. The van der Waals surface area contributed by atoms with Gasteiger partial charge < -0.3 is 15.4 Å². The van der Waals surface area contributed by atoms with Crippen molar-refractivity contribution in [2.75, 3.05) is 17.7 Å². The quantitative estimate of drug-likeness (QED) is 0.304. The lowest BCUT2D eigenvalue weighted by Gasteiger charge is -2.22. The summed E-state index contributed by atoms with van der Waals surface area (Å²) < 4.78 is 7.23. The SMILES string of the molecule is BC(B)(B)NC(=O)c1cnc(NC(=O)NC(C)=O)cc1Nc1cccc(-c2ncn(C)n2)c1OC. The Hall–Kier alpha value is -4.29. The minimum atomic E-state index is -0.747. The number of rotatable bonds is 7. The summed E-state index contributed by atoms with van der Waals surface area (Å²) in [5.41, 5.74) is 1.77. The molecule has 2 heterocycles. The van der Waals surface area contributed by atoms with Gasteiger partial charge in [0.15, 0.2) is 11.6 Å². The van der Waals surface area contributed by atoms with E-state index in [0.29, 0.717) is 28.5 Å². The molecule has 1 aromatic carbocycles. The van der Waals surface area contributed by atoms with E-state index in [1.807, 2.05) is 29.6 Å². The summed E-state index contributed by atoms with van der Waals surface area (Å²) in [6.07, 6.45) is 2.92. The maximum atomic E-state index is 13.0. The Morgan fingerprint density at radius 3 is 2.46 bits per heavy atom. The average molecular weight is 474 g/mol. The first-order chi connectivity index (χ1) is 16.5. The second-order valence-corrected chi connectivity index (χ2v) is 8.71. The molecule has 0 spiro atoms. The fourth-order valence-electron chi connectivity index (χ4n) is 3.16. The van der Waals surface area contributed by atoms with Crippen LogP contribution >= 0.6 is 0 Å². The van der Waals surface area contributed by atoms with E-state index in [9.17, 15) is 14.4 Å². The highest BCUT2D eigenvalue weighted by molar-refractivity contribution is 6.60. The molecule has 0 unspecified atom stereocenters. The number of amides is 4. The molecule has 0 aliphatic rings. The maximum absolute atomic E-state index is 13.0. The number of imide groups is 1. The number of nitrogens with zero attached hydrogens (tertiary/aromatic N) is 4. The number of ether oxygens (including phenoxy) is 1. The number of carbonyl (C=O) groups is 3. The maximum Gasteiger partial charge on any atom is 0.327 e. The predicted molar refractivity (Wildman–Crippen MR) is 139 cm³/mol. The molecule has 0 fully saturated rings. The Morgan fingerprint density at radius 2 is 1.86 bits per heavy atom. The first-order valence-electron chi connectivity index (χ1n) is 10.7. The molecular weight excluding hydrogens is 449 g/mol. The molecule has 0 saturated heterocycles. The van der Waals surface area contributed by atoms with Gasteiger partial charge in [0.2, 0.25) is 5.91 Å². The van der Waals surface area contributed by atoms with E-state index in [1.54, 1.807) is 30.2 Å². The van der Waals surface area contributed by atoms with Crippen molar-refractivity contribution >= 4 is 58.6 Å². The molecule has 2 aromatic heterocycles. The lowest BCUT2D eigenvalue weighted by molar-refractivity contribution is -0.117. The van der Waals surface area contributed by atoms with E-state index in [1.165, 1.54) is 26.3 Å². The van der Waals surface area contributed by atoms with Crippen molar-refractivity contribution in [2.24, 2.45) is 7.05 Å². The van der Waals surface area contributed by atoms with Crippen LogP contribution in [0.25, 0.3) is 11.4 Å². The van der Waals surface area contributed by atoms with Gasteiger partial charge in [-0.05, 0) is 17.4 Å². The average Bonchev–Trinajstić information content (AvgIpc) is 3.18. The van der Waals surface area contributed by atoms with Gasteiger partial charge in [0.05, 0.1) is 29.6 Å². The second kappa shape index (κ2) is 10.3. The van der Waals surface area contributed by atoms with Crippen LogP contribution in [-0.2, 0) is 11.8 Å². The van der Waals surface area contributed by atoms with Gasteiger partial charge >= 0.3 is 6.03 Å². The zero-order valence-corrected chi connectivity index (χ0v) is 20.4. The summed E-state index contributed by atoms with van der Waals surface area (Å²) in [7, 11) is 8.87. The van der Waals surface area contributed by atoms with Crippen LogP contribution in [0.3, 0.4) is 0 Å². The zero-order valence-electron chi connectivity index (χ0n) is 20.4. The highest BCUT2D eigenvalue weighted by Crippen LogP contribution is 2.37. The van der Waals surface area contributed by atoms with E-state index < -0.39 is 17.2 Å². The number of methoxy groups -OCH3 is 1. The summed E-state index contributed by atoms with van der Waals surface area (Å²) in [6, 6.07) is 6.13. The first kappa shape index (κ1) is 25.3.